The standard InChI is InChI=1S/C3H8O5S.CH5N/c1-3(4)2-8-9(5,6)7;1-2/h3-4H,2H2,1H3,(H,5,6,7);2H2,1H3. The Morgan fingerprint density at radius 2 is 2.00 bits per heavy atom. The van der Waals surface area contributed by atoms with Gasteiger partial charge in [0.05, 0.1) is 19.8 Å². The zero-order valence-electron chi connectivity index (χ0n) is 6.48. The minimum atomic E-state index is -4.63. The molecular formula is C4H13NO5S. The normalized spacial score (nSPS) is 13.2. The summed E-state index contributed by atoms with van der Waals surface area (Å²) < 4.78 is 32.6. The van der Waals surface area contributed by atoms with Gasteiger partial charge in [-0.15, -0.1) is 0 Å². The van der Waals surface area contributed by atoms with E-state index in [1.807, 2.05) is 0 Å². The number of aliphatic hydroxyl groups is 1. The number of hydrogen-bond acceptors (Lipinski definition) is 5. The summed E-state index contributed by atoms with van der Waals surface area (Å²) in [4.78, 5) is 0. The average molecular weight is 187 g/mol. The van der Waals surface area contributed by atoms with Crippen LogP contribution in [0.15, 0.2) is 0 Å². The molecule has 0 aromatic rings. The fourth-order valence-electron chi connectivity index (χ4n) is 0.182. The first-order chi connectivity index (χ1) is 4.92. The highest BCUT2D eigenvalue weighted by Crippen LogP contribution is 1.88. The molecule has 0 saturated heterocycles. The van der Waals surface area contributed by atoms with E-state index in [0.29, 0.717) is 0 Å². The maximum absolute atomic E-state index is 9.65. The van der Waals surface area contributed by atoms with E-state index in [4.69, 9.17) is 5.11 Å². The van der Waals surface area contributed by atoms with Gasteiger partial charge >= 0.3 is 0 Å². The first-order valence-corrected chi connectivity index (χ1v) is 4.24. The lowest BCUT2D eigenvalue weighted by atomic mass is 10.5. The van der Waals surface area contributed by atoms with Gasteiger partial charge in [0.25, 0.3) is 0 Å². The van der Waals surface area contributed by atoms with Crippen molar-refractivity contribution in [2.45, 2.75) is 13.0 Å². The van der Waals surface area contributed by atoms with Crippen molar-refractivity contribution in [2.75, 3.05) is 13.7 Å². The van der Waals surface area contributed by atoms with E-state index in [9.17, 15) is 13.0 Å². The van der Waals surface area contributed by atoms with Crippen LogP contribution in [-0.2, 0) is 14.6 Å². The van der Waals surface area contributed by atoms with Crippen LogP contribution in [0.3, 0.4) is 0 Å². The van der Waals surface area contributed by atoms with Crippen LogP contribution < -0.4 is 5.73 Å². The second-order valence-electron chi connectivity index (χ2n) is 1.54. The lowest BCUT2D eigenvalue weighted by molar-refractivity contribution is -0.325. The van der Waals surface area contributed by atoms with Crippen LogP contribution >= 0.6 is 0 Å². The molecule has 1 atom stereocenters. The summed E-state index contributed by atoms with van der Waals surface area (Å²) in [6, 6.07) is 0. The zero-order valence-corrected chi connectivity index (χ0v) is 7.30. The Labute approximate surface area is 65.9 Å². The molecule has 0 radical (unpaired) electrons. The molecule has 0 fully saturated rings. The minimum absolute atomic E-state index is 0.480. The van der Waals surface area contributed by atoms with Crippen LogP contribution in [0.4, 0.5) is 0 Å². The molecule has 0 bridgehead atoms. The lowest BCUT2D eigenvalue weighted by Crippen LogP contribution is -2.40. The summed E-state index contributed by atoms with van der Waals surface area (Å²) in [5.41, 5.74) is 3.25. The first-order valence-electron chi connectivity index (χ1n) is 2.91. The molecular weight excluding hydrogens is 174 g/mol. The van der Waals surface area contributed by atoms with Crippen molar-refractivity contribution in [1.29, 1.82) is 0 Å². The summed E-state index contributed by atoms with van der Waals surface area (Å²) in [5, 5.41) is 8.39. The van der Waals surface area contributed by atoms with Crippen LogP contribution in [0.25, 0.3) is 0 Å². The van der Waals surface area contributed by atoms with Crippen LogP contribution in [0.1, 0.15) is 6.92 Å². The van der Waals surface area contributed by atoms with Gasteiger partial charge in [0.2, 0.25) is 10.4 Å². The Balaban J connectivity index is 0. The Morgan fingerprint density at radius 1 is 1.64 bits per heavy atom. The summed E-state index contributed by atoms with van der Waals surface area (Å²) in [5.74, 6) is 0. The van der Waals surface area contributed by atoms with Gasteiger partial charge in [0.15, 0.2) is 0 Å². The van der Waals surface area contributed by atoms with Gasteiger partial charge in [-0.1, -0.05) is 0 Å². The molecule has 1 unspecified atom stereocenters. The molecule has 0 amide bonds. The third-order valence-electron chi connectivity index (χ3n) is 0.454. The van der Waals surface area contributed by atoms with Crippen LogP contribution in [-0.4, -0.2) is 37.8 Å². The quantitative estimate of drug-likeness (QED) is 0.381. The molecule has 0 aliphatic rings. The lowest BCUT2D eigenvalue weighted by Gasteiger charge is -2.07. The van der Waals surface area contributed by atoms with E-state index in [1.54, 1.807) is 7.05 Å². The van der Waals surface area contributed by atoms with Crippen molar-refractivity contribution < 1.29 is 28.0 Å². The molecule has 0 saturated carbocycles. The molecule has 0 spiro atoms. The van der Waals surface area contributed by atoms with Crippen molar-refractivity contribution in [1.82, 2.24) is 0 Å². The Bertz CT molecular complexity index is 163. The highest BCUT2D eigenvalue weighted by molar-refractivity contribution is 7.80. The Kier molecular flexibility index (Phi) is 7.91. The molecule has 6 nitrogen and oxygen atoms in total. The number of hydrogen-bond donors (Lipinski definition) is 2. The van der Waals surface area contributed by atoms with Crippen LogP contribution in [0, 0.1) is 0 Å². The number of quaternary nitrogens is 1. The SMILES string of the molecule is CC(O)COS(=O)(=O)[O-].C[NH3+]. The van der Waals surface area contributed by atoms with Gasteiger partial charge in [-0.3, -0.25) is 4.18 Å². The van der Waals surface area contributed by atoms with Crippen molar-refractivity contribution >= 4 is 10.4 Å². The first kappa shape index (κ1) is 13.4. The summed E-state index contributed by atoms with van der Waals surface area (Å²) in [7, 11) is -2.88. The maximum atomic E-state index is 9.65. The molecule has 0 aliphatic carbocycles. The largest absolute Gasteiger partial charge is 0.726 e. The maximum Gasteiger partial charge on any atom is 0.217 e. The van der Waals surface area contributed by atoms with E-state index in [-0.39, 0.29) is 0 Å². The van der Waals surface area contributed by atoms with Gasteiger partial charge in [-0.25, -0.2) is 8.42 Å². The minimum Gasteiger partial charge on any atom is -0.726 e. The van der Waals surface area contributed by atoms with Crippen LogP contribution in [0.5, 0.6) is 0 Å². The second-order valence-corrected chi connectivity index (χ2v) is 2.59. The smallest absolute Gasteiger partial charge is 0.217 e. The van der Waals surface area contributed by atoms with E-state index in [2.05, 4.69) is 9.92 Å². The molecule has 7 heteroatoms. The predicted molar refractivity (Wildman–Crippen MR) is 36.1 cm³/mol. The molecule has 0 aromatic carbocycles. The predicted octanol–water partition coefficient (Wildman–Crippen LogP) is -2.30. The molecule has 70 valence electrons. The van der Waals surface area contributed by atoms with E-state index in [0.717, 1.165) is 0 Å². The molecule has 11 heavy (non-hydrogen) atoms. The van der Waals surface area contributed by atoms with E-state index >= 15 is 0 Å². The molecule has 0 heterocycles. The third-order valence-corrected chi connectivity index (χ3v) is 0.878. The highest BCUT2D eigenvalue weighted by Gasteiger charge is 1.98. The Morgan fingerprint density at radius 3 is 2.09 bits per heavy atom. The summed E-state index contributed by atoms with van der Waals surface area (Å²) in [6.45, 7) is 0.830. The monoisotopic (exact) mass is 187 g/mol. The molecule has 0 aromatic heterocycles. The highest BCUT2D eigenvalue weighted by atomic mass is 32.3. The van der Waals surface area contributed by atoms with Gasteiger partial charge in [0.1, 0.15) is 0 Å². The fourth-order valence-corrected chi connectivity index (χ4v) is 0.545. The zero-order chi connectivity index (χ0) is 9.49. The van der Waals surface area contributed by atoms with Gasteiger partial charge < -0.3 is 15.4 Å². The van der Waals surface area contributed by atoms with Gasteiger partial charge in [-0.05, 0) is 6.92 Å². The molecule has 0 aliphatic heterocycles. The average Bonchev–Trinajstić information content (AvgIpc) is 1.87. The summed E-state index contributed by atoms with van der Waals surface area (Å²) >= 11 is 0. The van der Waals surface area contributed by atoms with E-state index in [1.165, 1.54) is 6.92 Å². The molecule has 4 N–H and O–H groups in total. The van der Waals surface area contributed by atoms with Crippen molar-refractivity contribution in [3.05, 3.63) is 0 Å². The molecule has 0 rings (SSSR count). The van der Waals surface area contributed by atoms with E-state index < -0.39 is 23.1 Å². The Hall–Kier alpha value is -0.210. The topological polar surface area (TPSA) is 114 Å². The number of aliphatic hydroxyl groups excluding tert-OH is 1. The van der Waals surface area contributed by atoms with Crippen LogP contribution in [0.2, 0.25) is 0 Å². The van der Waals surface area contributed by atoms with Crippen molar-refractivity contribution in [3.63, 3.8) is 0 Å². The van der Waals surface area contributed by atoms with Gasteiger partial charge in [0, 0.05) is 0 Å². The van der Waals surface area contributed by atoms with Gasteiger partial charge in [-0.2, -0.15) is 0 Å². The summed E-state index contributed by atoms with van der Waals surface area (Å²) in [6.07, 6.45) is -0.936. The second kappa shape index (κ2) is 6.50. The van der Waals surface area contributed by atoms with Crippen molar-refractivity contribution in [3.8, 4) is 0 Å². The van der Waals surface area contributed by atoms with Crippen molar-refractivity contribution in [2.24, 2.45) is 0 Å². The third kappa shape index (κ3) is 17.7. The number of rotatable bonds is 3. The fraction of sp³-hybridized carbons (Fsp3) is 1.00.